The molecule has 0 aromatic heterocycles. The van der Waals surface area contributed by atoms with Crippen molar-refractivity contribution in [3.63, 3.8) is 0 Å². The molecule has 0 amide bonds. The van der Waals surface area contributed by atoms with Crippen molar-refractivity contribution in [1.82, 2.24) is 0 Å². The molecule has 104 valence electrons. The minimum absolute atomic E-state index is 0.00335. The quantitative estimate of drug-likeness (QED) is 0.678. The van der Waals surface area contributed by atoms with Gasteiger partial charge in [-0.1, -0.05) is 6.92 Å². The monoisotopic (exact) mass is 282 g/mol. The van der Waals surface area contributed by atoms with Crippen molar-refractivity contribution in [2.75, 3.05) is 18.2 Å². The molecule has 2 rings (SSSR count). The molecule has 1 heterocycles. The number of anilines is 1. The molecule has 0 saturated carbocycles. The van der Waals surface area contributed by atoms with E-state index in [0.717, 1.165) is 12.1 Å². The zero-order valence-electron chi connectivity index (χ0n) is 11.1. The molecule has 2 atom stereocenters. The highest BCUT2D eigenvalue weighted by atomic mass is 32.2. The third-order valence-corrected chi connectivity index (χ3v) is 4.71. The number of benzene rings is 1. The van der Waals surface area contributed by atoms with Crippen LogP contribution in [0.3, 0.4) is 0 Å². The van der Waals surface area contributed by atoms with Crippen LogP contribution in [0.5, 0.6) is 5.75 Å². The second-order valence-electron chi connectivity index (χ2n) is 4.61. The maximum absolute atomic E-state index is 11.0. The van der Waals surface area contributed by atoms with Crippen LogP contribution in [0.1, 0.15) is 19.8 Å². The van der Waals surface area contributed by atoms with Crippen LogP contribution in [0.4, 0.5) is 11.4 Å². The molecule has 19 heavy (non-hydrogen) atoms. The SMILES string of the molecule is COc1ccc(NC2CCCSC2C)cc1[N+](=O)[O-]. The van der Waals surface area contributed by atoms with E-state index < -0.39 is 4.92 Å². The number of nitro groups is 1. The Hall–Kier alpha value is -1.43. The topological polar surface area (TPSA) is 64.4 Å². The number of rotatable bonds is 4. The van der Waals surface area contributed by atoms with Gasteiger partial charge in [-0.3, -0.25) is 10.1 Å². The number of nitrogens with zero attached hydrogens (tertiary/aromatic N) is 1. The average Bonchev–Trinajstić information content (AvgIpc) is 2.41. The standard InChI is InChI=1S/C13H18N2O3S/c1-9-11(4-3-7-19-9)14-10-5-6-13(18-2)12(8-10)15(16)17/h5-6,8-9,11,14H,3-4,7H2,1-2H3. The Morgan fingerprint density at radius 2 is 2.32 bits per heavy atom. The lowest BCUT2D eigenvalue weighted by Gasteiger charge is -2.29. The Bertz CT molecular complexity index is 467. The maximum Gasteiger partial charge on any atom is 0.312 e. The van der Waals surface area contributed by atoms with Gasteiger partial charge in [0, 0.05) is 23.0 Å². The maximum atomic E-state index is 11.0. The summed E-state index contributed by atoms with van der Waals surface area (Å²) in [6.45, 7) is 2.19. The Morgan fingerprint density at radius 1 is 1.53 bits per heavy atom. The molecule has 2 unspecified atom stereocenters. The number of methoxy groups -OCH3 is 1. The average molecular weight is 282 g/mol. The summed E-state index contributed by atoms with van der Waals surface area (Å²) in [5.41, 5.74) is 0.787. The van der Waals surface area contributed by atoms with Crippen molar-refractivity contribution in [2.45, 2.75) is 31.1 Å². The summed E-state index contributed by atoms with van der Waals surface area (Å²) in [7, 11) is 1.44. The first kappa shape index (κ1) is 14.0. The highest BCUT2D eigenvalue weighted by Gasteiger charge is 2.23. The minimum Gasteiger partial charge on any atom is -0.490 e. The molecule has 1 aliphatic heterocycles. The van der Waals surface area contributed by atoms with Crippen molar-refractivity contribution in [2.24, 2.45) is 0 Å². The molecule has 0 spiro atoms. The molecule has 0 aliphatic carbocycles. The zero-order valence-corrected chi connectivity index (χ0v) is 11.9. The van der Waals surface area contributed by atoms with E-state index in [1.54, 1.807) is 12.1 Å². The van der Waals surface area contributed by atoms with Crippen LogP contribution in [0.25, 0.3) is 0 Å². The van der Waals surface area contributed by atoms with Gasteiger partial charge >= 0.3 is 5.69 Å². The van der Waals surface area contributed by atoms with E-state index >= 15 is 0 Å². The van der Waals surface area contributed by atoms with E-state index in [-0.39, 0.29) is 5.69 Å². The number of hydrogen-bond acceptors (Lipinski definition) is 5. The van der Waals surface area contributed by atoms with E-state index in [1.165, 1.54) is 19.3 Å². The third-order valence-electron chi connectivity index (χ3n) is 3.33. The molecular weight excluding hydrogens is 264 g/mol. The van der Waals surface area contributed by atoms with Gasteiger partial charge in [0.05, 0.1) is 12.0 Å². The highest BCUT2D eigenvalue weighted by Crippen LogP contribution is 2.32. The lowest BCUT2D eigenvalue weighted by atomic mass is 10.1. The van der Waals surface area contributed by atoms with Gasteiger partial charge in [0.15, 0.2) is 5.75 Å². The van der Waals surface area contributed by atoms with Crippen molar-refractivity contribution in [3.8, 4) is 5.75 Å². The van der Waals surface area contributed by atoms with Crippen LogP contribution < -0.4 is 10.1 Å². The third kappa shape index (κ3) is 3.32. The van der Waals surface area contributed by atoms with Gasteiger partial charge in [0.25, 0.3) is 0 Å². The molecule has 0 radical (unpaired) electrons. The Labute approximate surface area is 116 Å². The highest BCUT2D eigenvalue weighted by molar-refractivity contribution is 8.00. The van der Waals surface area contributed by atoms with Gasteiger partial charge in [0.1, 0.15) is 0 Å². The van der Waals surface area contributed by atoms with Crippen LogP contribution in [0.2, 0.25) is 0 Å². The van der Waals surface area contributed by atoms with Gasteiger partial charge in [-0.25, -0.2) is 0 Å². The van der Waals surface area contributed by atoms with Gasteiger partial charge in [-0.15, -0.1) is 0 Å². The first-order valence-electron chi connectivity index (χ1n) is 6.32. The van der Waals surface area contributed by atoms with Crippen LogP contribution in [0.15, 0.2) is 18.2 Å². The van der Waals surface area contributed by atoms with Gasteiger partial charge < -0.3 is 10.1 Å². The smallest absolute Gasteiger partial charge is 0.312 e. The fourth-order valence-electron chi connectivity index (χ4n) is 2.25. The lowest BCUT2D eigenvalue weighted by molar-refractivity contribution is -0.385. The number of hydrogen-bond donors (Lipinski definition) is 1. The Balaban J connectivity index is 2.16. The number of thioether (sulfide) groups is 1. The van der Waals surface area contributed by atoms with E-state index in [2.05, 4.69) is 12.2 Å². The van der Waals surface area contributed by atoms with Crippen LogP contribution in [-0.4, -0.2) is 29.1 Å². The molecule has 1 fully saturated rings. The van der Waals surface area contributed by atoms with Gasteiger partial charge in [0.2, 0.25) is 0 Å². The number of nitro benzene ring substituents is 1. The van der Waals surface area contributed by atoms with Crippen LogP contribution >= 0.6 is 11.8 Å². The van der Waals surface area contributed by atoms with E-state index in [1.807, 2.05) is 17.8 Å². The predicted molar refractivity (Wildman–Crippen MR) is 78.2 cm³/mol. The van der Waals surface area contributed by atoms with E-state index in [4.69, 9.17) is 4.74 Å². The summed E-state index contributed by atoms with van der Waals surface area (Å²) in [4.78, 5) is 10.6. The Kier molecular flexibility index (Phi) is 4.52. The molecular formula is C13H18N2O3S. The van der Waals surface area contributed by atoms with Crippen molar-refractivity contribution in [3.05, 3.63) is 28.3 Å². The minimum atomic E-state index is -0.414. The molecule has 5 nitrogen and oxygen atoms in total. The fraction of sp³-hybridized carbons (Fsp3) is 0.538. The zero-order chi connectivity index (χ0) is 13.8. The van der Waals surface area contributed by atoms with Gasteiger partial charge in [-0.05, 0) is 30.7 Å². The summed E-state index contributed by atoms with van der Waals surface area (Å²) in [6.07, 6.45) is 2.29. The van der Waals surface area contributed by atoms with E-state index in [0.29, 0.717) is 17.0 Å². The second-order valence-corrected chi connectivity index (χ2v) is 6.10. The van der Waals surface area contributed by atoms with Crippen molar-refractivity contribution >= 4 is 23.1 Å². The van der Waals surface area contributed by atoms with E-state index in [9.17, 15) is 10.1 Å². The number of nitrogens with one attached hydrogen (secondary N) is 1. The number of ether oxygens (including phenoxy) is 1. The molecule has 6 heteroatoms. The Morgan fingerprint density at radius 3 is 2.95 bits per heavy atom. The second kappa shape index (κ2) is 6.14. The fourth-order valence-corrected chi connectivity index (χ4v) is 3.39. The van der Waals surface area contributed by atoms with Crippen LogP contribution in [0, 0.1) is 10.1 Å². The molecule has 1 aromatic carbocycles. The predicted octanol–water partition coefficient (Wildman–Crippen LogP) is 3.30. The van der Waals surface area contributed by atoms with Crippen molar-refractivity contribution in [1.29, 1.82) is 0 Å². The molecule has 1 aliphatic rings. The lowest BCUT2D eigenvalue weighted by Crippen LogP contribution is -2.32. The summed E-state index contributed by atoms with van der Waals surface area (Å²) < 4.78 is 5.00. The first-order valence-corrected chi connectivity index (χ1v) is 7.37. The summed E-state index contributed by atoms with van der Waals surface area (Å²) in [5, 5.41) is 14.9. The van der Waals surface area contributed by atoms with Crippen LogP contribution in [-0.2, 0) is 0 Å². The summed E-state index contributed by atoms with van der Waals surface area (Å²) in [5.74, 6) is 1.49. The first-order chi connectivity index (χ1) is 9.11. The molecule has 1 N–H and O–H groups in total. The van der Waals surface area contributed by atoms with Crippen molar-refractivity contribution < 1.29 is 9.66 Å². The molecule has 1 saturated heterocycles. The largest absolute Gasteiger partial charge is 0.490 e. The molecule has 0 bridgehead atoms. The normalized spacial score (nSPS) is 22.8. The summed E-state index contributed by atoms with van der Waals surface area (Å²) in [6, 6.07) is 5.38. The molecule has 1 aromatic rings. The van der Waals surface area contributed by atoms with Gasteiger partial charge in [-0.2, -0.15) is 11.8 Å². The summed E-state index contributed by atoms with van der Waals surface area (Å²) >= 11 is 1.94.